The summed E-state index contributed by atoms with van der Waals surface area (Å²) in [5, 5.41) is 3.10. The number of carbonyl (C=O) groups excluding carboxylic acids is 2. The van der Waals surface area contributed by atoms with Crippen molar-refractivity contribution in [2.45, 2.75) is 13.8 Å². The number of Topliss-reactive ketones (excluding diaryl/α,β-unsaturated/α-hetero) is 1. The average molecular weight is 397 g/mol. The molecule has 0 unspecified atom stereocenters. The predicted octanol–water partition coefficient (Wildman–Crippen LogP) is 4.63. The lowest BCUT2D eigenvalue weighted by atomic mass is 10.1. The molecule has 0 saturated heterocycles. The van der Waals surface area contributed by atoms with Gasteiger partial charge in [-0.2, -0.15) is 0 Å². The zero-order valence-corrected chi connectivity index (χ0v) is 15.0. The fourth-order valence-corrected chi connectivity index (χ4v) is 3.12. The van der Waals surface area contributed by atoms with Gasteiger partial charge in [0.15, 0.2) is 12.4 Å². The van der Waals surface area contributed by atoms with E-state index in [4.69, 9.17) is 16.3 Å². The van der Waals surface area contributed by atoms with E-state index >= 15 is 0 Å². The Labute approximate surface area is 147 Å². The summed E-state index contributed by atoms with van der Waals surface area (Å²) in [7, 11) is 0. The van der Waals surface area contributed by atoms with Gasteiger partial charge < -0.3 is 10.1 Å². The minimum atomic E-state index is -0.364. The molecule has 0 atom stereocenters. The first-order valence-electron chi connectivity index (χ1n) is 6.86. The van der Waals surface area contributed by atoms with E-state index in [1.165, 1.54) is 6.92 Å². The van der Waals surface area contributed by atoms with Crippen LogP contribution in [-0.2, 0) is 4.79 Å². The molecule has 0 radical (unpaired) electrons. The number of para-hydroxylation sites is 1. The molecule has 2 rings (SSSR count). The molecule has 2 aromatic rings. The molecule has 0 aliphatic rings. The summed E-state index contributed by atoms with van der Waals surface area (Å²) in [6.45, 7) is 3.09. The highest BCUT2D eigenvalue weighted by Crippen LogP contribution is 2.32. The molecule has 0 spiro atoms. The Bertz CT molecular complexity index is 738. The molecule has 0 aliphatic heterocycles. The Morgan fingerprint density at radius 3 is 2.61 bits per heavy atom. The molecule has 0 bridgehead atoms. The normalized spacial score (nSPS) is 10.3. The van der Waals surface area contributed by atoms with Crippen molar-refractivity contribution in [3.8, 4) is 5.75 Å². The fraction of sp³-hybridized carbons (Fsp3) is 0.176. The molecule has 0 heterocycles. The van der Waals surface area contributed by atoms with E-state index in [0.717, 1.165) is 10.0 Å². The molecule has 2 aromatic carbocycles. The van der Waals surface area contributed by atoms with Crippen molar-refractivity contribution in [2.24, 2.45) is 0 Å². The monoisotopic (exact) mass is 395 g/mol. The molecule has 0 aromatic heterocycles. The smallest absolute Gasteiger partial charge is 0.262 e. The van der Waals surface area contributed by atoms with Crippen LogP contribution in [0, 0.1) is 6.92 Å². The number of amides is 1. The summed E-state index contributed by atoms with van der Waals surface area (Å²) in [5.74, 6) is -0.0180. The van der Waals surface area contributed by atoms with Gasteiger partial charge in [-0.3, -0.25) is 9.59 Å². The van der Waals surface area contributed by atoms with Gasteiger partial charge in [0.25, 0.3) is 5.91 Å². The highest BCUT2D eigenvalue weighted by atomic mass is 79.9. The lowest BCUT2D eigenvalue weighted by Gasteiger charge is -2.12. The standard InChI is InChI=1S/C17H15BrClNO3/c1-10-7-12(18)8-14(19)17(10)23-9-16(22)20-15-6-4-3-5-13(15)11(2)21/h3-8H,9H2,1-2H3,(H,20,22). The molecule has 1 amide bonds. The summed E-state index contributed by atoms with van der Waals surface area (Å²) in [5.41, 5.74) is 1.74. The van der Waals surface area contributed by atoms with Crippen LogP contribution < -0.4 is 10.1 Å². The third-order valence-corrected chi connectivity index (χ3v) is 3.86. The fourth-order valence-electron chi connectivity index (χ4n) is 2.09. The zero-order valence-electron chi connectivity index (χ0n) is 12.7. The van der Waals surface area contributed by atoms with Gasteiger partial charge in [-0.25, -0.2) is 0 Å². The van der Waals surface area contributed by atoms with Gasteiger partial charge in [0.05, 0.1) is 10.7 Å². The number of aryl methyl sites for hydroxylation is 1. The highest BCUT2D eigenvalue weighted by molar-refractivity contribution is 9.10. The summed E-state index contributed by atoms with van der Waals surface area (Å²) in [6.07, 6.45) is 0. The van der Waals surface area contributed by atoms with Crippen molar-refractivity contribution < 1.29 is 14.3 Å². The van der Waals surface area contributed by atoms with E-state index in [-0.39, 0.29) is 18.3 Å². The van der Waals surface area contributed by atoms with E-state index in [9.17, 15) is 9.59 Å². The lowest BCUT2D eigenvalue weighted by Crippen LogP contribution is -2.21. The predicted molar refractivity (Wildman–Crippen MR) is 94.5 cm³/mol. The number of hydrogen-bond acceptors (Lipinski definition) is 3. The van der Waals surface area contributed by atoms with Crippen molar-refractivity contribution in [3.63, 3.8) is 0 Å². The maximum atomic E-state index is 12.1. The number of nitrogens with one attached hydrogen (secondary N) is 1. The molecule has 120 valence electrons. The Kier molecular flexibility index (Phi) is 5.80. The molecule has 1 N–H and O–H groups in total. The maximum absolute atomic E-state index is 12.1. The van der Waals surface area contributed by atoms with Crippen LogP contribution in [0.15, 0.2) is 40.9 Å². The Hall–Kier alpha value is -1.85. The van der Waals surface area contributed by atoms with Crippen LogP contribution in [0.4, 0.5) is 5.69 Å². The second-order valence-corrected chi connectivity index (χ2v) is 6.30. The van der Waals surface area contributed by atoms with E-state index in [0.29, 0.717) is 22.0 Å². The van der Waals surface area contributed by atoms with Gasteiger partial charge in [-0.05, 0) is 43.7 Å². The average Bonchev–Trinajstić information content (AvgIpc) is 2.46. The number of ketones is 1. The van der Waals surface area contributed by atoms with E-state index < -0.39 is 0 Å². The molecule has 0 aliphatic carbocycles. The van der Waals surface area contributed by atoms with Crippen LogP contribution in [0.5, 0.6) is 5.75 Å². The first-order chi connectivity index (χ1) is 10.9. The third kappa shape index (κ3) is 4.56. The van der Waals surface area contributed by atoms with Gasteiger partial charge in [0, 0.05) is 10.0 Å². The van der Waals surface area contributed by atoms with Crippen molar-refractivity contribution in [1.29, 1.82) is 0 Å². The van der Waals surface area contributed by atoms with Crippen LogP contribution in [0.3, 0.4) is 0 Å². The second kappa shape index (κ2) is 7.62. The van der Waals surface area contributed by atoms with Crippen molar-refractivity contribution in [1.82, 2.24) is 0 Å². The first-order valence-corrected chi connectivity index (χ1v) is 8.04. The lowest BCUT2D eigenvalue weighted by molar-refractivity contribution is -0.118. The van der Waals surface area contributed by atoms with Crippen LogP contribution in [0.1, 0.15) is 22.8 Å². The first kappa shape index (κ1) is 17.5. The Morgan fingerprint density at radius 1 is 1.26 bits per heavy atom. The van der Waals surface area contributed by atoms with Gasteiger partial charge in [-0.15, -0.1) is 0 Å². The second-order valence-electron chi connectivity index (χ2n) is 4.97. The van der Waals surface area contributed by atoms with Crippen LogP contribution in [-0.4, -0.2) is 18.3 Å². The molecule has 0 fully saturated rings. The number of ether oxygens (including phenoxy) is 1. The number of halogens is 2. The summed E-state index contributed by atoms with van der Waals surface area (Å²) < 4.78 is 6.35. The summed E-state index contributed by atoms with van der Waals surface area (Å²) in [6, 6.07) is 10.4. The molecule has 0 saturated carbocycles. The van der Waals surface area contributed by atoms with Crippen molar-refractivity contribution >= 4 is 44.9 Å². The summed E-state index contributed by atoms with van der Waals surface area (Å²) >= 11 is 9.46. The minimum absolute atomic E-state index is 0.117. The number of benzene rings is 2. The number of hydrogen-bond donors (Lipinski definition) is 1. The number of rotatable bonds is 5. The quantitative estimate of drug-likeness (QED) is 0.750. The van der Waals surface area contributed by atoms with E-state index in [1.54, 1.807) is 30.3 Å². The minimum Gasteiger partial charge on any atom is -0.482 e. The maximum Gasteiger partial charge on any atom is 0.262 e. The highest BCUT2D eigenvalue weighted by Gasteiger charge is 2.12. The third-order valence-electron chi connectivity index (χ3n) is 3.12. The largest absolute Gasteiger partial charge is 0.482 e. The Balaban J connectivity index is 2.06. The Morgan fingerprint density at radius 2 is 1.96 bits per heavy atom. The molecule has 23 heavy (non-hydrogen) atoms. The molecular weight excluding hydrogens is 382 g/mol. The van der Waals surface area contributed by atoms with Gasteiger partial charge in [0.1, 0.15) is 5.75 Å². The van der Waals surface area contributed by atoms with E-state index in [2.05, 4.69) is 21.2 Å². The number of anilines is 1. The molecule has 6 heteroatoms. The van der Waals surface area contributed by atoms with Crippen LogP contribution >= 0.6 is 27.5 Å². The topological polar surface area (TPSA) is 55.4 Å². The zero-order chi connectivity index (χ0) is 17.0. The molecular formula is C17H15BrClNO3. The van der Waals surface area contributed by atoms with Crippen molar-refractivity contribution in [2.75, 3.05) is 11.9 Å². The van der Waals surface area contributed by atoms with Crippen LogP contribution in [0.25, 0.3) is 0 Å². The van der Waals surface area contributed by atoms with Crippen molar-refractivity contribution in [3.05, 3.63) is 57.0 Å². The SMILES string of the molecule is CC(=O)c1ccccc1NC(=O)COc1c(C)cc(Br)cc1Cl. The molecule has 4 nitrogen and oxygen atoms in total. The van der Waals surface area contributed by atoms with E-state index in [1.807, 2.05) is 13.0 Å². The summed E-state index contributed by atoms with van der Waals surface area (Å²) in [4.78, 5) is 23.6. The van der Waals surface area contributed by atoms with Gasteiger partial charge in [0.2, 0.25) is 0 Å². The van der Waals surface area contributed by atoms with Crippen LogP contribution in [0.2, 0.25) is 5.02 Å². The van der Waals surface area contributed by atoms with Gasteiger partial charge >= 0.3 is 0 Å². The number of carbonyl (C=O) groups is 2. The van der Waals surface area contributed by atoms with Gasteiger partial charge in [-0.1, -0.05) is 39.7 Å².